The fourth-order valence-electron chi connectivity index (χ4n) is 6.71. The topological polar surface area (TPSA) is 127 Å². The molecule has 0 spiro atoms. The number of carbonyl (C=O) groups excluding carboxylic acids is 2. The zero-order chi connectivity index (χ0) is 32.8. The lowest BCUT2D eigenvalue weighted by Crippen LogP contribution is -2.47. The summed E-state index contributed by atoms with van der Waals surface area (Å²) in [6.45, 7) is 8.30. The average molecular weight is 644 g/mol. The number of rotatable bonds is 7. The van der Waals surface area contributed by atoms with E-state index in [2.05, 4.69) is 31.4 Å². The number of carbonyl (C=O) groups is 2. The minimum atomic E-state index is -3.56. The van der Waals surface area contributed by atoms with E-state index in [-0.39, 0.29) is 40.1 Å². The Labute approximate surface area is 270 Å². The van der Waals surface area contributed by atoms with Crippen LogP contribution in [0.25, 0.3) is 5.69 Å². The van der Waals surface area contributed by atoms with Crippen molar-refractivity contribution in [1.82, 2.24) is 14.7 Å². The van der Waals surface area contributed by atoms with E-state index in [1.54, 1.807) is 4.68 Å². The third kappa shape index (κ3) is 6.60. The Morgan fingerprint density at radius 2 is 1.61 bits per heavy atom. The van der Waals surface area contributed by atoms with Gasteiger partial charge in [0, 0.05) is 35.5 Å². The number of urea groups is 1. The fraction of sp³-hybridized carbons (Fsp3) is 0.400. The summed E-state index contributed by atoms with van der Waals surface area (Å²) in [5.74, 6) is 0.566. The van der Waals surface area contributed by atoms with E-state index in [1.165, 1.54) is 12.3 Å². The lowest BCUT2D eigenvalue weighted by atomic mass is 9.85. The number of nitrogens with zero attached hydrogens (tertiary/aromatic N) is 3. The summed E-state index contributed by atoms with van der Waals surface area (Å²) in [7, 11) is -3.56. The highest BCUT2D eigenvalue weighted by Crippen LogP contribution is 2.41. The van der Waals surface area contributed by atoms with Gasteiger partial charge in [-0.1, -0.05) is 50.6 Å². The Hall–Kier alpha value is -4.38. The Bertz CT molecular complexity index is 1840. The highest BCUT2D eigenvalue weighted by atomic mass is 32.2. The first-order valence-electron chi connectivity index (χ1n) is 15.7. The molecule has 2 bridgehead atoms. The van der Waals surface area contributed by atoms with Crippen LogP contribution in [-0.2, 0) is 21.7 Å². The molecular formula is C35H41N5O5S. The highest BCUT2D eigenvalue weighted by molar-refractivity contribution is 7.90. The summed E-state index contributed by atoms with van der Waals surface area (Å²) in [5.41, 5.74) is 4.53. The van der Waals surface area contributed by atoms with Gasteiger partial charge in [0.1, 0.15) is 10.7 Å². The number of hydrogen-bond donors (Lipinski definition) is 2. The third-order valence-corrected chi connectivity index (χ3v) is 10.1. The van der Waals surface area contributed by atoms with Crippen LogP contribution in [-0.4, -0.2) is 53.4 Å². The van der Waals surface area contributed by atoms with E-state index < -0.39 is 9.84 Å². The Morgan fingerprint density at radius 1 is 0.957 bits per heavy atom. The van der Waals surface area contributed by atoms with Crippen LogP contribution in [0.5, 0.6) is 0 Å². The molecule has 0 saturated carbocycles. The van der Waals surface area contributed by atoms with E-state index in [0.717, 1.165) is 60.9 Å². The summed E-state index contributed by atoms with van der Waals surface area (Å²) in [6.07, 6.45) is 6.73. The molecule has 6 rings (SSSR count). The van der Waals surface area contributed by atoms with Crippen LogP contribution in [0.4, 0.5) is 16.3 Å². The van der Waals surface area contributed by atoms with Gasteiger partial charge >= 0.3 is 6.03 Å². The van der Waals surface area contributed by atoms with Crippen molar-refractivity contribution in [2.45, 2.75) is 82.2 Å². The highest BCUT2D eigenvalue weighted by Gasteiger charge is 2.45. The molecule has 2 aliphatic heterocycles. The quantitative estimate of drug-likeness (QED) is 0.230. The molecule has 4 aromatic rings. The largest absolute Gasteiger partial charge is 0.458 e. The summed E-state index contributed by atoms with van der Waals surface area (Å²) >= 11 is 0. The van der Waals surface area contributed by atoms with Gasteiger partial charge in [-0.2, -0.15) is 5.10 Å². The van der Waals surface area contributed by atoms with E-state index in [4.69, 9.17) is 9.52 Å². The standard InChI is InChI=1S/C35H41N5O5S/c1-22-6-12-26(13-7-22)40-31(21-30(38-40)35(2,3)4)37-34(42)36-25-10-8-23(9-11-25)18-24-19-27-14-15-28(20-24)39(27)33(41)32-29(16-17-45-32)46(5,43)44/h6-13,16-17,21,24,27-28H,14-15,18-20H2,1-5H3,(H2,36,37,42). The van der Waals surface area contributed by atoms with Crippen molar-refractivity contribution in [1.29, 1.82) is 0 Å². The molecule has 242 valence electrons. The molecule has 2 fully saturated rings. The maximum atomic E-state index is 13.4. The molecule has 2 aromatic carbocycles. The van der Waals surface area contributed by atoms with Gasteiger partial charge in [-0.3, -0.25) is 10.1 Å². The predicted molar refractivity (Wildman–Crippen MR) is 177 cm³/mol. The van der Waals surface area contributed by atoms with Crippen LogP contribution in [0, 0.1) is 12.8 Å². The third-order valence-electron chi connectivity index (χ3n) is 9.02. The van der Waals surface area contributed by atoms with Crippen molar-refractivity contribution in [2.75, 3.05) is 16.9 Å². The number of amides is 3. The second-order valence-corrected chi connectivity index (χ2v) is 15.7. The Balaban J connectivity index is 1.08. The van der Waals surface area contributed by atoms with Crippen LogP contribution in [0.15, 0.2) is 76.2 Å². The minimum absolute atomic E-state index is 0.0482. The molecule has 2 saturated heterocycles. The number of piperidine rings is 1. The smallest absolute Gasteiger partial charge is 0.324 e. The first-order chi connectivity index (χ1) is 21.8. The van der Waals surface area contributed by atoms with Gasteiger partial charge in [0.05, 0.1) is 17.6 Å². The first kappa shape index (κ1) is 31.6. The van der Waals surface area contributed by atoms with Crippen molar-refractivity contribution in [2.24, 2.45) is 5.92 Å². The van der Waals surface area contributed by atoms with Gasteiger partial charge in [0.2, 0.25) is 5.76 Å². The lowest BCUT2D eigenvalue weighted by Gasteiger charge is -2.38. The van der Waals surface area contributed by atoms with E-state index in [9.17, 15) is 18.0 Å². The Morgan fingerprint density at radius 3 is 2.22 bits per heavy atom. The van der Waals surface area contributed by atoms with Crippen molar-refractivity contribution >= 4 is 33.3 Å². The van der Waals surface area contributed by atoms with Gasteiger partial charge in [0.15, 0.2) is 9.84 Å². The van der Waals surface area contributed by atoms with E-state index in [0.29, 0.717) is 17.4 Å². The van der Waals surface area contributed by atoms with Gasteiger partial charge < -0.3 is 14.6 Å². The lowest BCUT2D eigenvalue weighted by molar-refractivity contribution is 0.0487. The van der Waals surface area contributed by atoms with Crippen LogP contribution in [0.1, 0.15) is 73.8 Å². The predicted octanol–water partition coefficient (Wildman–Crippen LogP) is 6.74. The van der Waals surface area contributed by atoms with Crippen LogP contribution < -0.4 is 10.6 Å². The van der Waals surface area contributed by atoms with E-state index >= 15 is 0 Å². The van der Waals surface area contributed by atoms with Gasteiger partial charge in [-0.15, -0.1) is 0 Å². The maximum Gasteiger partial charge on any atom is 0.324 e. The van der Waals surface area contributed by atoms with Crippen molar-refractivity contribution in [3.63, 3.8) is 0 Å². The molecule has 10 nitrogen and oxygen atoms in total. The van der Waals surface area contributed by atoms with Crippen molar-refractivity contribution < 1.29 is 22.4 Å². The zero-order valence-corrected chi connectivity index (χ0v) is 27.7. The average Bonchev–Trinajstić information content (AvgIpc) is 3.71. The SMILES string of the molecule is Cc1ccc(-n2nc(C(C)(C)C)cc2NC(=O)Nc2ccc(CC3CC4CCC(C3)N4C(=O)c3occc3S(C)(=O)=O)cc2)cc1. The second kappa shape index (κ2) is 12.1. The zero-order valence-electron chi connectivity index (χ0n) is 26.9. The van der Waals surface area contributed by atoms with Gasteiger partial charge in [-0.05, 0) is 80.8 Å². The van der Waals surface area contributed by atoms with Crippen LogP contribution >= 0.6 is 0 Å². The molecule has 11 heteroatoms. The number of aryl methyl sites for hydroxylation is 1. The van der Waals surface area contributed by atoms with Crippen LogP contribution in [0.3, 0.4) is 0 Å². The second-order valence-electron chi connectivity index (χ2n) is 13.7. The molecule has 0 aliphatic carbocycles. The molecule has 2 aromatic heterocycles. The minimum Gasteiger partial charge on any atom is -0.458 e. The molecule has 0 radical (unpaired) electrons. The molecule has 3 amide bonds. The number of fused-ring (bicyclic) bond motifs is 2. The fourth-order valence-corrected chi connectivity index (χ4v) is 7.48. The molecule has 2 aliphatic rings. The summed E-state index contributed by atoms with van der Waals surface area (Å²) < 4.78 is 31.4. The molecular weight excluding hydrogens is 602 g/mol. The number of nitrogens with one attached hydrogen (secondary N) is 2. The van der Waals surface area contributed by atoms with Crippen molar-refractivity contribution in [3.8, 4) is 5.69 Å². The summed E-state index contributed by atoms with van der Waals surface area (Å²) in [5, 5.41) is 10.7. The normalized spacial score (nSPS) is 19.7. The number of aromatic nitrogens is 2. The first-order valence-corrected chi connectivity index (χ1v) is 17.6. The van der Waals surface area contributed by atoms with Gasteiger partial charge in [-0.25, -0.2) is 17.9 Å². The number of hydrogen-bond acceptors (Lipinski definition) is 6. The number of anilines is 2. The molecule has 2 unspecified atom stereocenters. The van der Waals surface area contributed by atoms with Gasteiger partial charge in [0.25, 0.3) is 5.91 Å². The molecule has 2 atom stereocenters. The number of sulfone groups is 1. The number of benzene rings is 2. The van der Waals surface area contributed by atoms with E-state index in [1.807, 2.05) is 66.4 Å². The maximum absolute atomic E-state index is 13.4. The number of furan rings is 1. The Kier molecular flexibility index (Phi) is 8.30. The molecule has 46 heavy (non-hydrogen) atoms. The monoisotopic (exact) mass is 643 g/mol. The molecule has 4 heterocycles. The molecule has 2 N–H and O–H groups in total. The van der Waals surface area contributed by atoms with Crippen LogP contribution in [0.2, 0.25) is 0 Å². The van der Waals surface area contributed by atoms with Crippen molar-refractivity contribution in [3.05, 3.63) is 89.5 Å². The summed E-state index contributed by atoms with van der Waals surface area (Å²) in [6, 6.07) is 18.9. The summed E-state index contributed by atoms with van der Waals surface area (Å²) in [4.78, 5) is 28.2.